The monoisotopic (exact) mass is 1060 g/mol. The second-order valence-corrected chi connectivity index (χ2v) is 21.1. The molecule has 20 heteroatoms. The van der Waals surface area contributed by atoms with Crippen LogP contribution < -0.4 is 25.0 Å². The van der Waals surface area contributed by atoms with Crippen molar-refractivity contribution in [1.29, 1.82) is 0 Å². The number of β-amino-alcohol motifs (C(OH)–C–C–N with tert-alkyl or cyclic N) is 1. The van der Waals surface area contributed by atoms with Gasteiger partial charge in [0.2, 0.25) is 5.91 Å². The number of phenols is 1. The third-order valence-electron chi connectivity index (χ3n) is 15.6. The van der Waals surface area contributed by atoms with Crippen LogP contribution in [0.1, 0.15) is 75.8 Å². The summed E-state index contributed by atoms with van der Waals surface area (Å²) in [5, 5.41) is 37.6. The third-order valence-corrected chi connectivity index (χ3v) is 15.6. The van der Waals surface area contributed by atoms with Gasteiger partial charge in [-0.05, 0) is 111 Å². The molecular weight excluding hydrogens is 1000 g/mol. The van der Waals surface area contributed by atoms with Gasteiger partial charge in [0.1, 0.15) is 41.2 Å². The Labute approximate surface area is 449 Å². The first-order chi connectivity index (χ1) is 37.7. The number of allylic oxidation sites excluding steroid dienone is 1. The van der Waals surface area contributed by atoms with Gasteiger partial charge in [0.05, 0.1) is 41.0 Å². The number of nitrogens with zero attached hydrogens (tertiary/aromatic N) is 9. The maximum atomic E-state index is 17.1. The minimum Gasteiger partial charge on any atom is -0.508 e. The van der Waals surface area contributed by atoms with Gasteiger partial charge < -0.3 is 44.6 Å². The number of likely N-dealkylation sites (tertiary alicyclic amines) is 2. The van der Waals surface area contributed by atoms with Crippen LogP contribution in [0.25, 0.3) is 49.8 Å². The Hall–Kier alpha value is -7.99. The molecule has 4 aliphatic heterocycles. The fourth-order valence-electron chi connectivity index (χ4n) is 11.5. The van der Waals surface area contributed by atoms with Crippen LogP contribution in [0, 0.1) is 29.9 Å². The van der Waals surface area contributed by atoms with E-state index in [1.165, 1.54) is 35.4 Å². The van der Waals surface area contributed by atoms with Gasteiger partial charge in [0.15, 0.2) is 11.6 Å². The minimum absolute atomic E-state index is 0.0113. The van der Waals surface area contributed by atoms with Crippen molar-refractivity contribution in [3.8, 4) is 52.5 Å². The Morgan fingerprint density at radius 2 is 1.76 bits per heavy atom. The zero-order valence-corrected chi connectivity index (χ0v) is 43.9. The van der Waals surface area contributed by atoms with Gasteiger partial charge >= 0.3 is 6.01 Å². The number of piperidine rings is 1. The van der Waals surface area contributed by atoms with Gasteiger partial charge in [-0.25, -0.2) is 8.78 Å². The zero-order valence-electron chi connectivity index (χ0n) is 43.9. The molecule has 4 saturated heterocycles. The summed E-state index contributed by atoms with van der Waals surface area (Å²) in [4.78, 5) is 47.8. The SMILES string of the molecule is C#Cc1c(F)ccc2cc(O)cc(-c3ncc4c(N5CC6CCC(C5)N6)nc(OCCN5CCC(COc6cc(C(C(=O)N7C[C@H](O)C[C@H]7C(=O)N[C@@H](C)c7ccc(-c8ccnn8C)cc7)=C(C)C)on6)CC5)nc4c3F)c12. The van der Waals surface area contributed by atoms with Crippen molar-refractivity contribution in [2.45, 2.75) is 83.1 Å². The summed E-state index contributed by atoms with van der Waals surface area (Å²) in [5.41, 5.74) is 3.64. The summed E-state index contributed by atoms with van der Waals surface area (Å²) < 4.78 is 51.9. The number of halogens is 2. The van der Waals surface area contributed by atoms with E-state index in [2.05, 4.69) is 46.6 Å². The summed E-state index contributed by atoms with van der Waals surface area (Å²) in [6.45, 7) is 9.46. The molecule has 404 valence electrons. The van der Waals surface area contributed by atoms with Crippen LogP contribution in [-0.2, 0) is 16.6 Å². The van der Waals surface area contributed by atoms with Crippen LogP contribution in [0.15, 0.2) is 83.2 Å². The van der Waals surface area contributed by atoms with Crippen molar-refractivity contribution in [3.05, 3.63) is 107 Å². The summed E-state index contributed by atoms with van der Waals surface area (Å²) >= 11 is 0. The Balaban J connectivity index is 0.707. The maximum Gasteiger partial charge on any atom is 0.319 e. The number of aliphatic hydroxyl groups excluding tert-OH is 1. The molecule has 4 fully saturated rings. The summed E-state index contributed by atoms with van der Waals surface area (Å²) in [7, 11) is 1.88. The molecule has 4 N–H and O–H groups in total. The van der Waals surface area contributed by atoms with Crippen molar-refractivity contribution < 1.29 is 42.6 Å². The van der Waals surface area contributed by atoms with Crippen LogP contribution in [0.5, 0.6) is 17.6 Å². The number of aliphatic hydroxyl groups is 1. The van der Waals surface area contributed by atoms with Gasteiger partial charge in [-0.2, -0.15) is 15.1 Å². The van der Waals surface area contributed by atoms with Gasteiger partial charge in [-0.3, -0.25) is 24.2 Å². The van der Waals surface area contributed by atoms with Crippen LogP contribution >= 0.6 is 0 Å². The number of carbonyl (C=O) groups is 2. The van der Waals surface area contributed by atoms with Crippen LogP contribution in [0.3, 0.4) is 0 Å². The molecule has 2 amide bonds. The Kier molecular flexibility index (Phi) is 14.6. The van der Waals surface area contributed by atoms with Crippen LogP contribution in [0.4, 0.5) is 14.6 Å². The fraction of sp³-hybridized carbons (Fsp3) is 0.397. The number of pyridine rings is 1. The number of rotatable bonds is 15. The predicted molar refractivity (Wildman–Crippen MR) is 288 cm³/mol. The lowest BCUT2D eigenvalue weighted by atomic mass is 9.96. The molecule has 8 heterocycles. The number of hydrogen-bond acceptors (Lipinski definition) is 15. The molecule has 18 nitrogen and oxygen atoms in total. The van der Waals surface area contributed by atoms with Gasteiger partial charge in [0.25, 0.3) is 11.8 Å². The summed E-state index contributed by atoms with van der Waals surface area (Å²) in [6, 6.07) is 16.1. The molecule has 4 aliphatic rings. The first-order valence-corrected chi connectivity index (χ1v) is 26.5. The van der Waals surface area contributed by atoms with E-state index in [-0.39, 0.29) is 106 Å². The molecule has 5 atom stereocenters. The van der Waals surface area contributed by atoms with E-state index >= 15 is 8.78 Å². The number of terminal acetylenes is 1. The highest BCUT2D eigenvalue weighted by Crippen LogP contribution is 2.40. The zero-order chi connectivity index (χ0) is 54.4. The Morgan fingerprint density at radius 3 is 2.47 bits per heavy atom. The Bertz CT molecular complexity index is 3480. The number of hydrogen-bond donors (Lipinski definition) is 4. The molecule has 3 aromatic carbocycles. The normalized spacial score (nSPS) is 20.0. The largest absolute Gasteiger partial charge is 0.508 e. The number of ether oxygens (including phenoxy) is 2. The smallest absolute Gasteiger partial charge is 0.319 e. The number of amides is 2. The molecule has 0 radical (unpaired) electrons. The van der Waals surface area contributed by atoms with Crippen LogP contribution in [0.2, 0.25) is 0 Å². The summed E-state index contributed by atoms with van der Waals surface area (Å²) in [5.74, 6) is 1.14. The average molecular weight is 1060 g/mol. The first kappa shape index (κ1) is 52.1. The highest BCUT2D eigenvalue weighted by molar-refractivity contribution is 6.20. The van der Waals surface area contributed by atoms with Gasteiger partial charge in [-0.15, -0.1) is 6.42 Å². The average Bonchev–Trinajstić information content (AvgIpc) is 4.37. The highest BCUT2D eigenvalue weighted by atomic mass is 19.1. The van der Waals surface area contributed by atoms with Gasteiger partial charge in [-0.1, -0.05) is 41.8 Å². The van der Waals surface area contributed by atoms with E-state index in [0.717, 1.165) is 55.6 Å². The number of aromatic nitrogens is 6. The molecule has 2 unspecified atom stereocenters. The molecule has 4 aromatic heterocycles. The quantitative estimate of drug-likeness (QED) is 0.0606. The number of anilines is 1. The number of aromatic hydroxyl groups is 1. The second kappa shape index (κ2) is 21.8. The lowest BCUT2D eigenvalue weighted by Gasteiger charge is -2.34. The van der Waals surface area contributed by atoms with E-state index in [1.54, 1.807) is 30.8 Å². The number of piperazine rings is 1. The van der Waals surface area contributed by atoms with Crippen molar-refractivity contribution in [2.24, 2.45) is 13.0 Å². The van der Waals surface area contributed by atoms with E-state index in [4.69, 9.17) is 25.4 Å². The number of phenolic OH excluding ortho intramolecular Hbond substituents is 1. The highest BCUT2D eigenvalue weighted by Gasteiger charge is 2.42. The topological polar surface area (TPSA) is 209 Å². The molecule has 11 rings (SSSR count). The molecule has 0 aliphatic carbocycles. The second-order valence-electron chi connectivity index (χ2n) is 21.1. The lowest BCUT2D eigenvalue weighted by Crippen LogP contribution is -2.51. The summed E-state index contributed by atoms with van der Waals surface area (Å²) in [6.07, 6.45) is 11.9. The van der Waals surface area contributed by atoms with E-state index < -0.39 is 29.7 Å². The fourth-order valence-corrected chi connectivity index (χ4v) is 11.5. The van der Waals surface area contributed by atoms with E-state index in [9.17, 15) is 19.8 Å². The van der Waals surface area contributed by atoms with Crippen molar-refractivity contribution >= 4 is 44.9 Å². The maximum absolute atomic E-state index is 17.1. The molecule has 0 saturated carbocycles. The van der Waals surface area contributed by atoms with E-state index in [0.29, 0.717) is 48.4 Å². The minimum atomic E-state index is -0.902. The van der Waals surface area contributed by atoms with E-state index in [1.807, 2.05) is 44.3 Å². The molecular formula is C58H61F2N11O7. The predicted octanol–water partition coefficient (Wildman–Crippen LogP) is 6.94. The number of fused-ring (bicyclic) bond motifs is 4. The molecule has 0 spiro atoms. The molecule has 78 heavy (non-hydrogen) atoms. The van der Waals surface area contributed by atoms with Crippen molar-refractivity contribution in [3.63, 3.8) is 0 Å². The molecule has 2 bridgehead atoms. The number of carbonyl (C=O) groups excluding carboxylic acids is 2. The number of benzene rings is 3. The van der Waals surface area contributed by atoms with Gasteiger partial charge in [0, 0.05) is 81.1 Å². The third kappa shape index (κ3) is 10.4. The number of nitrogens with one attached hydrogen (secondary N) is 2. The standard InChI is InChI=1S/C58H61F2N11O7/c1-6-42-45(59)14-11-37-23-40(72)24-43(51(37)42)53-52(60)54-44(27-61-53)55(70-28-38-12-13-39(29-70)64-38)66-58(65-54)76-22-21-69-19-16-34(17-20-69)31-77-49-26-48(78-67-49)50(32(2)3)57(75)71-30-41(73)25-47(71)56(74)63-33(4)35-7-9-36(10-8-35)46-15-18-62-68(46)5/h1,7-11,14-15,18,23-24,26-27,33-34,38-39,41,47,64,72-73H,12-13,16-17,19-22,25,28-31H2,2-5H3,(H,63,74)/t33-,38?,39?,41+,47-/m0/s1. The first-order valence-electron chi connectivity index (χ1n) is 26.5. The van der Waals surface area contributed by atoms with Crippen LogP contribution in [-0.4, -0.2) is 138 Å². The Morgan fingerprint density at radius 1 is 0.987 bits per heavy atom. The lowest BCUT2D eigenvalue weighted by molar-refractivity contribution is -0.135. The van der Waals surface area contributed by atoms with Crippen molar-refractivity contribution in [1.82, 2.24) is 50.3 Å². The molecule has 7 aromatic rings. The van der Waals surface area contributed by atoms with Crippen molar-refractivity contribution in [2.75, 3.05) is 57.4 Å². The number of aryl methyl sites for hydroxylation is 1.